The Hall–Kier alpha value is -1.95. The first-order valence-electron chi connectivity index (χ1n) is 5.25. The monoisotopic (exact) mass is 270 g/mol. The Morgan fingerprint density at radius 2 is 1.89 bits per heavy atom. The quantitative estimate of drug-likeness (QED) is 0.659. The summed E-state index contributed by atoms with van der Waals surface area (Å²) in [5, 5.41) is 22.6. The fourth-order valence-electron chi connectivity index (χ4n) is 2.26. The predicted molar refractivity (Wildman–Crippen MR) is 64.0 cm³/mol. The Kier molecular flexibility index (Phi) is 3.29. The maximum atomic E-state index is 10.8. The molecule has 4 N–H and O–H groups in total. The van der Waals surface area contributed by atoms with Gasteiger partial charge in [-0.2, -0.15) is 0 Å². The highest BCUT2D eigenvalue weighted by Gasteiger charge is 2.36. The molecule has 1 aliphatic rings. The van der Waals surface area contributed by atoms with Crippen LogP contribution in [0, 0.1) is 0 Å². The molecule has 0 saturated heterocycles. The van der Waals surface area contributed by atoms with Crippen LogP contribution in [-0.4, -0.2) is 28.4 Å². The number of carboxylic acid groups (broad SMARTS) is 2. The van der Waals surface area contributed by atoms with E-state index in [9.17, 15) is 9.59 Å². The minimum absolute atomic E-state index is 0.410. The van der Waals surface area contributed by atoms with Gasteiger partial charge in [0.1, 0.15) is 0 Å². The Labute approximate surface area is 108 Å². The molecule has 0 saturated carbocycles. The molecular weight excluding hydrogens is 260 g/mol. The van der Waals surface area contributed by atoms with Crippen molar-refractivity contribution >= 4 is 23.8 Å². The highest BCUT2D eigenvalue weighted by atomic mass is 35.5. The first-order chi connectivity index (χ1) is 8.49. The van der Waals surface area contributed by atoms with Crippen molar-refractivity contribution in [3.05, 3.63) is 34.3 Å². The van der Waals surface area contributed by atoms with Gasteiger partial charge in [0, 0.05) is 5.02 Å². The van der Waals surface area contributed by atoms with Gasteiger partial charge in [0.15, 0.2) is 0 Å². The summed E-state index contributed by atoms with van der Waals surface area (Å²) in [5.74, 6) is 0. The van der Waals surface area contributed by atoms with Crippen LogP contribution in [0.2, 0.25) is 5.02 Å². The highest BCUT2D eigenvalue weighted by Crippen LogP contribution is 2.36. The summed E-state index contributed by atoms with van der Waals surface area (Å²) in [4.78, 5) is 21.5. The van der Waals surface area contributed by atoms with Crippen LogP contribution in [-0.2, 0) is 6.42 Å². The Balaban J connectivity index is 2.35. The minimum Gasteiger partial charge on any atom is -0.465 e. The van der Waals surface area contributed by atoms with E-state index >= 15 is 0 Å². The predicted octanol–water partition coefficient (Wildman–Crippen LogP) is 1.84. The summed E-state index contributed by atoms with van der Waals surface area (Å²) in [6, 6.07) is 4.00. The second kappa shape index (κ2) is 4.73. The molecule has 6 nitrogen and oxygen atoms in total. The molecule has 1 aliphatic carbocycles. The van der Waals surface area contributed by atoms with Crippen LogP contribution < -0.4 is 10.6 Å². The molecule has 0 aliphatic heterocycles. The molecule has 96 valence electrons. The van der Waals surface area contributed by atoms with Crippen LogP contribution in [0.5, 0.6) is 0 Å². The van der Waals surface area contributed by atoms with Gasteiger partial charge in [0.05, 0.1) is 12.1 Å². The van der Waals surface area contributed by atoms with Crippen molar-refractivity contribution in [2.75, 3.05) is 0 Å². The van der Waals surface area contributed by atoms with E-state index in [4.69, 9.17) is 21.8 Å². The van der Waals surface area contributed by atoms with Crippen molar-refractivity contribution in [1.82, 2.24) is 10.6 Å². The van der Waals surface area contributed by atoms with Gasteiger partial charge in [-0.15, -0.1) is 0 Å². The van der Waals surface area contributed by atoms with E-state index in [-0.39, 0.29) is 0 Å². The second-order valence-electron chi connectivity index (χ2n) is 4.00. The lowest BCUT2D eigenvalue weighted by atomic mass is 10.1. The number of fused-ring (bicyclic) bond motifs is 1. The molecule has 2 atom stereocenters. The van der Waals surface area contributed by atoms with E-state index < -0.39 is 24.3 Å². The smallest absolute Gasteiger partial charge is 0.405 e. The number of hydrogen-bond acceptors (Lipinski definition) is 2. The summed E-state index contributed by atoms with van der Waals surface area (Å²) >= 11 is 6.04. The average molecular weight is 271 g/mol. The Bertz CT molecular complexity index is 506. The fraction of sp³-hybridized carbons (Fsp3) is 0.273. The molecule has 18 heavy (non-hydrogen) atoms. The Morgan fingerprint density at radius 3 is 2.50 bits per heavy atom. The average Bonchev–Trinajstić information content (AvgIpc) is 2.56. The van der Waals surface area contributed by atoms with Crippen LogP contribution in [0.3, 0.4) is 0 Å². The van der Waals surface area contributed by atoms with Gasteiger partial charge in [0.2, 0.25) is 0 Å². The molecule has 0 fully saturated rings. The molecule has 0 unspecified atom stereocenters. The van der Waals surface area contributed by atoms with Crippen LogP contribution in [0.1, 0.15) is 17.2 Å². The summed E-state index contributed by atoms with van der Waals surface area (Å²) in [6.45, 7) is 0. The van der Waals surface area contributed by atoms with Crippen molar-refractivity contribution < 1.29 is 19.8 Å². The maximum Gasteiger partial charge on any atom is 0.405 e. The molecule has 0 aromatic heterocycles. The SMILES string of the molecule is O=C(O)N[C@H]1Cc2cccc(Cl)c2[C@H]1NC(=O)O. The van der Waals surface area contributed by atoms with Crippen molar-refractivity contribution in [3.63, 3.8) is 0 Å². The van der Waals surface area contributed by atoms with Gasteiger partial charge < -0.3 is 20.8 Å². The summed E-state index contributed by atoms with van der Waals surface area (Å²) in [6.07, 6.45) is -2.00. The topological polar surface area (TPSA) is 98.7 Å². The number of amides is 2. The Morgan fingerprint density at radius 1 is 1.22 bits per heavy atom. The molecule has 0 radical (unpaired) electrons. The summed E-state index contributed by atoms with van der Waals surface area (Å²) in [5.41, 5.74) is 1.49. The highest BCUT2D eigenvalue weighted by molar-refractivity contribution is 6.31. The zero-order valence-electron chi connectivity index (χ0n) is 9.18. The second-order valence-corrected chi connectivity index (χ2v) is 4.41. The van der Waals surface area contributed by atoms with E-state index in [1.54, 1.807) is 18.2 Å². The molecule has 2 amide bonds. The molecule has 1 aromatic rings. The van der Waals surface area contributed by atoms with Crippen molar-refractivity contribution in [3.8, 4) is 0 Å². The largest absolute Gasteiger partial charge is 0.465 e. The number of hydrogen-bond donors (Lipinski definition) is 4. The molecular formula is C11H11ClN2O4. The van der Waals surface area contributed by atoms with Crippen molar-refractivity contribution in [2.24, 2.45) is 0 Å². The van der Waals surface area contributed by atoms with Crippen LogP contribution in [0.25, 0.3) is 0 Å². The van der Waals surface area contributed by atoms with Gasteiger partial charge in [-0.25, -0.2) is 9.59 Å². The van der Waals surface area contributed by atoms with Crippen molar-refractivity contribution in [2.45, 2.75) is 18.5 Å². The van der Waals surface area contributed by atoms with Crippen LogP contribution in [0.15, 0.2) is 18.2 Å². The third-order valence-electron chi connectivity index (χ3n) is 2.88. The van der Waals surface area contributed by atoms with E-state index in [0.717, 1.165) is 5.56 Å². The number of carbonyl (C=O) groups is 2. The van der Waals surface area contributed by atoms with E-state index in [2.05, 4.69) is 10.6 Å². The summed E-state index contributed by atoms with van der Waals surface area (Å²) in [7, 11) is 0. The summed E-state index contributed by atoms with van der Waals surface area (Å²) < 4.78 is 0. The lowest BCUT2D eigenvalue weighted by Crippen LogP contribution is -2.43. The molecule has 0 spiro atoms. The van der Waals surface area contributed by atoms with Gasteiger partial charge >= 0.3 is 12.2 Å². The number of halogens is 1. The first kappa shape index (κ1) is 12.5. The standard InChI is InChI=1S/C11H11ClN2O4/c12-6-3-1-2-5-4-7(13-10(15)16)9(8(5)6)14-11(17)18/h1-3,7,9,13-14H,4H2,(H,15,16)(H,17,18)/t7-,9-/m0/s1. The third-order valence-corrected chi connectivity index (χ3v) is 3.21. The normalized spacial score (nSPS) is 21.2. The zero-order chi connectivity index (χ0) is 13.3. The van der Waals surface area contributed by atoms with Gasteiger partial charge in [-0.3, -0.25) is 0 Å². The first-order valence-corrected chi connectivity index (χ1v) is 5.63. The molecule has 0 heterocycles. The minimum atomic E-state index is -1.22. The lowest BCUT2D eigenvalue weighted by Gasteiger charge is -2.20. The van der Waals surface area contributed by atoms with Gasteiger partial charge in [-0.05, 0) is 23.6 Å². The number of nitrogens with one attached hydrogen (secondary N) is 2. The lowest BCUT2D eigenvalue weighted by molar-refractivity contribution is 0.177. The number of rotatable bonds is 2. The molecule has 2 rings (SSSR count). The van der Waals surface area contributed by atoms with E-state index in [1.165, 1.54) is 0 Å². The molecule has 1 aromatic carbocycles. The van der Waals surface area contributed by atoms with Crippen molar-refractivity contribution in [1.29, 1.82) is 0 Å². The third kappa shape index (κ3) is 2.33. The van der Waals surface area contributed by atoms with Gasteiger partial charge in [-0.1, -0.05) is 23.7 Å². The van der Waals surface area contributed by atoms with Crippen LogP contribution in [0.4, 0.5) is 9.59 Å². The fourth-order valence-corrected chi connectivity index (χ4v) is 2.57. The van der Waals surface area contributed by atoms with Crippen LogP contribution >= 0.6 is 11.6 Å². The molecule has 0 bridgehead atoms. The number of benzene rings is 1. The van der Waals surface area contributed by atoms with E-state index in [1.807, 2.05) is 0 Å². The van der Waals surface area contributed by atoms with E-state index in [0.29, 0.717) is 17.0 Å². The maximum absolute atomic E-state index is 10.8. The van der Waals surface area contributed by atoms with Gasteiger partial charge in [0.25, 0.3) is 0 Å². The molecule has 7 heteroatoms. The zero-order valence-corrected chi connectivity index (χ0v) is 9.94.